The first-order valence-corrected chi connectivity index (χ1v) is 8.71. The first kappa shape index (κ1) is 14.1. The van der Waals surface area contributed by atoms with E-state index in [2.05, 4.69) is 23.7 Å². The number of halogens is 1. The third-order valence-corrected chi connectivity index (χ3v) is 6.00. The Bertz CT molecular complexity index is 581. The average Bonchev–Trinajstić information content (AvgIpc) is 2.89. The van der Waals surface area contributed by atoms with E-state index in [9.17, 15) is 4.39 Å². The predicted molar refractivity (Wildman–Crippen MR) is 85.1 cm³/mol. The van der Waals surface area contributed by atoms with Crippen LogP contribution in [0.5, 0.6) is 0 Å². The molecule has 2 atom stereocenters. The van der Waals surface area contributed by atoms with E-state index < -0.39 is 0 Å². The second-order valence-electron chi connectivity index (χ2n) is 5.18. The molecule has 2 aromatic rings. The van der Waals surface area contributed by atoms with Crippen LogP contribution in [-0.2, 0) is 6.42 Å². The molecule has 1 aromatic heterocycles. The normalized spacial score (nSPS) is 21.7. The van der Waals surface area contributed by atoms with Crippen molar-refractivity contribution in [1.82, 2.24) is 5.32 Å². The maximum atomic E-state index is 13.6. The zero-order chi connectivity index (χ0) is 13.9. The number of benzene rings is 1. The van der Waals surface area contributed by atoms with E-state index in [0.717, 1.165) is 24.9 Å². The molecule has 1 aliphatic rings. The van der Waals surface area contributed by atoms with Gasteiger partial charge in [0.25, 0.3) is 0 Å². The molecule has 3 rings (SSSR count). The van der Waals surface area contributed by atoms with Crippen molar-refractivity contribution in [2.24, 2.45) is 0 Å². The molecule has 0 spiro atoms. The highest BCUT2D eigenvalue weighted by Crippen LogP contribution is 2.43. The van der Waals surface area contributed by atoms with Crippen LogP contribution in [0.1, 0.15) is 30.5 Å². The average molecular weight is 307 g/mol. The van der Waals surface area contributed by atoms with E-state index in [1.807, 2.05) is 35.2 Å². The molecule has 1 unspecified atom stereocenters. The minimum atomic E-state index is -0.0990. The van der Waals surface area contributed by atoms with E-state index in [1.54, 1.807) is 6.07 Å². The maximum Gasteiger partial charge on any atom is 0.126 e. The Kier molecular flexibility index (Phi) is 4.44. The summed E-state index contributed by atoms with van der Waals surface area (Å²) < 4.78 is 15.0. The number of rotatable bonds is 4. The Hall–Kier alpha value is -0.840. The molecule has 2 heterocycles. The lowest BCUT2D eigenvalue weighted by molar-refractivity contribution is 0.488. The summed E-state index contributed by atoms with van der Waals surface area (Å²) >= 11 is 3.80. The van der Waals surface area contributed by atoms with Crippen LogP contribution in [-0.4, -0.2) is 11.8 Å². The Labute approximate surface area is 127 Å². The van der Waals surface area contributed by atoms with Crippen LogP contribution in [0.4, 0.5) is 4.39 Å². The van der Waals surface area contributed by atoms with Gasteiger partial charge in [-0.1, -0.05) is 25.1 Å². The smallest absolute Gasteiger partial charge is 0.126 e. The molecule has 0 saturated carbocycles. The zero-order valence-corrected chi connectivity index (χ0v) is 13.1. The second-order valence-corrected chi connectivity index (χ2v) is 7.80. The molecule has 1 aromatic carbocycles. The fourth-order valence-corrected chi connectivity index (χ4v) is 5.19. The van der Waals surface area contributed by atoms with Gasteiger partial charge in [0.1, 0.15) is 5.82 Å². The van der Waals surface area contributed by atoms with Crippen molar-refractivity contribution in [3.63, 3.8) is 0 Å². The van der Waals surface area contributed by atoms with Crippen LogP contribution in [0, 0.1) is 5.82 Å². The molecule has 106 valence electrons. The fourth-order valence-electron chi connectivity index (χ4n) is 2.62. The molecular formula is C16H18FNS2. The van der Waals surface area contributed by atoms with Gasteiger partial charge in [-0.25, -0.2) is 4.39 Å². The summed E-state index contributed by atoms with van der Waals surface area (Å²) in [6.07, 6.45) is 1.88. The van der Waals surface area contributed by atoms with Crippen molar-refractivity contribution < 1.29 is 4.39 Å². The summed E-state index contributed by atoms with van der Waals surface area (Å²) in [6.45, 7) is 3.09. The standard InChI is InChI=1S/C16H18FNS2/c1-11-10-15(13-7-9-19-16(13)20-11)18-8-6-12-4-2-3-5-14(12)17/h2-5,7,9,11,15,18H,6,8,10H2,1H3/t11-,15?/m0/s1. The lowest BCUT2D eigenvalue weighted by Gasteiger charge is -2.27. The van der Waals surface area contributed by atoms with Gasteiger partial charge in [0.05, 0.1) is 4.21 Å². The predicted octanol–water partition coefficient (Wildman–Crippen LogP) is 4.64. The molecule has 0 aliphatic carbocycles. The molecule has 0 saturated heterocycles. The van der Waals surface area contributed by atoms with Gasteiger partial charge in [-0.3, -0.25) is 0 Å². The minimum absolute atomic E-state index is 0.0990. The zero-order valence-electron chi connectivity index (χ0n) is 11.4. The van der Waals surface area contributed by atoms with Gasteiger partial charge in [0.2, 0.25) is 0 Å². The number of thioether (sulfide) groups is 1. The molecule has 1 aliphatic heterocycles. The SMILES string of the molecule is C[C@H]1CC(NCCc2ccccc2F)c2ccsc2S1. The monoisotopic (exact) mass is 307 g/mol. The Morgan fingerprint density at radius 3 is 3.00 bits per heavy atom. The van der Waals surface area contributed by atoms with Crippen LogP contribution in [0.25, 0.3) is 0 Å². The minimum Gasteiger partial charge on any atom is -0.309 e. The van der Waals surface area contributed by atoms with Crippen LogP contribution in [0.15, 0.2) is 39.9 Å². The molecule has 4 heteroatoms. The van der Waals surface area contributed by atoms with E-state index in [-0.39, 0.29) is 5.82 Å². The van der Waals surface area contributed by atoms with Gasteiger partial charge >= 0.3 is 0 Å². The van der Waals surface area contributed by atoms with Crippen LogP contribution >= 0.6 is 23.1 Å². The van der Waals surface area contributed by atoms with Crippen molar-refractivity contribution in [1.29, 1.82) is 0 Å². The van der Waals surface area contributed by atoms with Crippen molar-refractivity contribution in [3.8, 4) is 0 Å². The van der Waals surface area contributed by atoms with Gasteiger partial charge in [-0.05, 0) is 48.0 Å². The number of nitrogens with one attached hydrogen (secondary N) is 1. The van der Waals surface area contributed by atoms with Crippen molar-refractivity contribution in [3.05, 3.63) is 52.7 Å². The Balaban J connectivity index is 1.61. The third kappa shape index (κ3) is 3.08. The van der Waals surface area contributed by atoms with Gasteiger partial charge in [-0.2, -0.15) is 0 Å². The highest BCUT2D eigenvalue weighted by molar-refractivity contribution is 8.01. The van der Waals surface area contributed by atoms with Gasteiger partial charge < -0.3 is 5.32 Å². The fraction of sp³-hybridized carbons (Fsp3) is 0.375. The quantitative estimate of drug-likeness (QED) is 0.883. The molecule has 1 nitrogen and oxygen atoms in total. The van der Waals surface area contributed by atoms with E-state index in [4.69, 9.17) is 0 Å². The summed E-state index contributed by atoms with van der Waals surface area (Å²) in [5.74, 6) is -0.0990. The molecule has 0 fully saturated rings. The number of thiophene rings is 1. The van der Waals surface area contributed by atoms with Crippen LogP contribution in [0.3, 0.4) is 0 Å². The van der Waals surface area contributed by atoms with Crippen molar-refractivity contribution in [2.75, 3.05) is 6.54 Å². The number of fused-ring (bicyclic) bond motifs is 1. The van der Waals surface area contributed by atoms with Gasteiger partial charge in [-0.15, -0.1) is 23.1 Å². The van der Waals surface area contributed by atoms with Crippen molar-refractivity contribution >= 4 is 23.1 Å². The first-order chi connectivity index (χ1) is 9.74. The van der Waals surface area contributed by atoms with Gasteiger partial charge in [0, 0.05) is 11.3 Å². The second kappa shape index (κ2) is 6.29. The summed E-state index contributed by atoms with van der Waals surface area (Å²) in [6, 6.07) is 9.68. The largest absolute Gasteiger partial charge is 0.309 e. The topological polar surface area (TPSA) is 12.0 Å². The van der Waals surface area contributed by atoms with E-state index >= 15 is 0 Å². The molecule has 0 bridgehead atoms. The third-order valence-electron chi connectivity index (χ3n) is 3.65. The number of hydrogen-bond acceptors (Lipinski definition) is 3. The molecular weight excluding hydrogens is 289 g/mol. The molecule has 1 N–H and O–H groups in total. The lowest BCUT2D eigenvalue weighted by Crippen LogP contribution is -2.28. The molecule has 0 amide bonds. The Morgan fingerprint density at radius 1 is 1.30 bits per heavy atom. The van der Waals surface area contributed by atoms with Crippen LogP contribution < -0.4 is 5.32 Å². The summed E-state index contributed by atoms with van der Waals surface area (Å²) in [5, 5.41) is 6.41. The number of hydrogen-bond donors (Lipinski definition) is 1. The lowest BCUT2D eigenvalue weighted by atomic mass is 10.0. The highest BCUT2D eigenvalue weighted by Gasteiger charge is 2.25. The maximum absolute atomic E-state index is 13.6. The summed E-state index contributed by atoms with van der Waals surface area (Å²) in [7, 11) is 0. The van der Waals surface area contributed by atoms with Gasteiger partial charge in [0.15, 0.2) is 0 Å². The summed E-state index contributed by atoms with van der Waals surface area (Å²) in [4.78, 5) is 0. The van der Waals surface area contributed by atoms with Crippen molar-refractivity contribution in [2.45, 2.75) is 35.3 Å². The van der Waals surface area contributed by atoms with E-state index in [0.29, 0.717) is 11.3 Å². The molecule has 20 heavy (non-hydrogen) atoms. The van der Waals surface area contributed by atoms with Crippen LogP contribution in [0.2, 0.25) is 0 Å². The summed E-state index contributed by atoms with van der Waals surface area (Å²) in [5.41, 5.74) is 2.22. The first-order valence-electron chi connectivity index (χ1n) is 6.95. The highest BCUT2D eigenvalue weighted by atomic mass is 32.2. The van der Waals surface area contributed by atoms with E-state index in [1.165, 1.54) is 15.8 Å². The Morgan fingerprint density at radius 2 is 2.15 bits per heavy atom. The molecule has 0 radical (unpaired) electrons.